The summed E-state index contributed by atoms with van der Waals surface area (Å²) in [6.07, 6.45) is 9.48. The lowest BCUT2D eigenvalue weighted by atomic mass is 9.94. The minimum absolute atomic E-state index is 0.185. The summed E-state index contributed by atoms with van der Waals surface area (Å²) in [7, 11) is 0. The van der Waals surface area contributed by atoms with Gasteiger partial charge in [-0.2, -0.15) is 0 Å². The highest BCUT2D eigenvalue weighted by atomic mass is 32.2. The van der Waals surface area contributed by atoms with Crippen molar-refractivity contribution >= 4 is 17.7 Å². The SMILES string of the molecule is CCN(C(=O)CSc1nnc(-c2ccncc2)n1-c1ccc(C)c(C)c1)C1CCCCC1. The van der Waals surface area contributed by atoms with E-state index in [0.717, 1.165) is 41.6 Å². The molecule has 168 valence electrons. The number of rotatable bonds is 7. The minimum Gasteiger partial charge on any atom is -0.339 e. The fraction of sp³-hybridized carbons (Fsp3) is 0.440. The zero-order chi connectivity index (χ0) is 22.5. The number of carbonyl (C=O) groups excluding carboxylic acids is 1. The molecule has 1 aliphatic carbocycles. The third-order valence-corrected chi connectivity index (χ3v) is 7.24. The number of hydrogen-bond acceptors (Lipinski definition) is 5. The van der Waals surface area contributed by atoms with E-state index in [1.807, 2.05) is 12.1 Å². The Balaban J connectivity index is 1.61. The van der Waals surface area contributed by atoms with Crippen LogP contribution in [0.15, 0.2) is 47.9 Å². The zero-order valence-corrected chi connectivity index (χ0v) is 19.9. The Morgan fingerprint density at radius 2 is 1.81 bits per heavy atom. The Bertz CT molecular complexity index is 1060. The third-order valence-electron chi connectivity index (χ3n) is 6.32. The van der Waals surface area contributed by atoms with Gasteiger partial charge in [-0.15, -0.1) is 10.2 Å². The summed E-state index contributed by atoms with van der Waals surface area (Å²) in [5.74, 6) is 1.30. The van der Waals surface area contributed by atoms with E-state index in [9.17, 15) is 4.79 Å². The van der Waals surface area contributed by atoms with Crippen molar-refractivity contribution in [2.75, 3.05) is 12.3 Å². The first-order valence-corrected chi connectivity index (χ1v) is 12.4. The molecule has 1 amide bonds. The molecular formula is C25H31N5OS. The van der Waals surface area contributed by atoms with Crippen LogP contribution >= 0.6 is 11.8 Å². The number of hydrogen-bond donors (Lipinski definition) is 0. The van der Waals surface area contributed by atoms with Gasteiger partial charge in [0.25, 0.3) is 0 Å². The Hall–Kier alpha value is -2.67. The maximum atomic E-state index is 13.1. The van der Waals surface area contributed by atoms with Crippen molar-refractivity contribution in [2.24, 2.45) is 0 Å². The number of carbonyl (C=O) groups is 1. The van der Waals surface area contributed by atoms with Crippen LogP contribution in [0.5, 0.6) is 0 Å². The van der Waals surface area contributed by atoms with E-state index in [0.29, 0.717) is 11.8 Å². The number of amides is 1. The van der Waals surface area contributed by atoms with Crippen LogP contribution in [0.2, 0.25) is 0 Å². The molecule has 6 nitrogen and oxygen atoms in total. The summed E-state index contributed by atoms with van der Waals surface area (Å²) in [5, 5.41) is 9.69. The number of benzene rings is 1. The predicted molar refractivity (Wildman–Crippen MR) is 129 cm³/mol. The molecule has 1 fully saturated rings. The van der Waals surface area contributed by atoms with Gasteiger partial charge in [0.15, 0.2) is 11.0 Å². The van der Waals surface area contributed by atoms with E-state index in [4.69, 9.17) is 0 Å². The molecule has 2 aromatic heterocycles. The van der Waals surface area contributed by atoms with Gasteiger partial charge in [-0.05, 0) is 69.0 Å². The molecule has 0 atom stereocenters. The number of nitrogens with zero attached hydrogens (tertiary/aromatic N) is 5. The van der Waals surface area contributed by atoms with Crippen LogP contribution in [0.25, 0.3) is 17.1 Å². The first-order chi connectivity index (χ1) is 15.6. The Kier molecular flexibility index (Phi) is 7.25. The lowest BCUT2D eigenvalue weighted by Crippen LogP contribution is -2.42. The minimum atomic E-state index is 0.185. The highest BCUT2D eigenvalue weighted by Crippen LogP contribution is 2.29. The van der Waals surface area contributed by atoms with Crippen molar-refractivity contribution in [3.8, 4) is 17.1 Å². The molecule has 0 bridgehead atoms. The molecule has 0 spiro atoms. The molecule has 0 radical (unpaired) electrons. The third kappa shape index (κ3) is 4.88. The van der Waals surface area contributed by atoms with Gasteiger partial charge < -0.3 is 4.90 Å². The van der Waals surface area contributed by atoms with Crippen molar-refractivity contribution in [1.29, 1.82) is 0 Å². The molecule has 1 aliphatic rings. The average molecular weight is 450 g/mol. The van der Waals surface area contributed by atoms with Crippen LogP contribution in [0, 0.1) is 13.8 Å². The first-order valence-electron chi connectivity index (χ1n) is 11.4. The van der Waals surface area contributed by atoms with E-state index in [1.165, 1.54) is 42.2 Å². The lowest BCUT2D eigenvalue weighted by molar-refractivity contribution is -0.131. The molecule has 3 aromatic rings. The van der Waals surface area contributed by atoms with Gasteiger partial charge >= 0.3 is 0 Å². The lowest BCUT2D eigenvalue weighted by Gasteiger charge is -2.33. The second kappa shape index (κ2) is 10.3. The molecule has 0 saturated heterocycles. The second-order valence-electron chi connectivity index (χ2n) is 8.41. The monoisotopic (exact) mass is 449 g/mol. The standard InChI is InChI=1S/C25H31N5OS/c1-4-29(21-8-6-5-7-9-21)23(31)17-32-25-28-27-24(20-12-14-26-15-13-20)30(25)22-11-10-18(2)19(3)16-22/h10-16,21H,4-9,17H2,1-3H3. The maximum absolute atomic E-state index is 13.1. The van der Waals surface area contributed by atoms with E-state index in [-0.39, 0.29) is 5.91 Å². The zero-order valence-electron chi connectivity index (χ0n) is 19.1. The van der Waals surface area contributed by atoms with Crippen molar-refractivity contribution < 1.29 is 4.79 Å². The molecular weight excluding hydrogens is 418 g/mol. The van der Waals surface area contributed by atoms with E-state index in [1.54, 1.807) is 12.4 Å². The topological polar surface area (TPSA) is 63.9 Å². The van der Waals surface area contributed by atoms with Crippen LogP contribution < -0.4 is 0 Å². The molecule has 0 aliphatic heterocycles. The number of aromatic nitrogens is 4. The average Bonchev–Trinajstić information content (AvgIpc) is 3.25. The molecule has 1 aromatic carbocycles. The van der Waals surface area contributed by atoms with Gasteiger partial charge in [0.1, 0.15) is 0 Å². The summed E-state index contributed by atoms with van der Waals surface area (Å²) >= 11 is 1.47. The second-order valence-corrected chi connectivity index (χ2v) is 9.35. The van der Waals surface area contributed by atoms with Crippen LogP contribution in [0.4, 0.5) is 0 Å². The van der Waals surface area contributed by atoms with Crippen molar-refractivity contribution in [1.82, 2.24) is 24.6 Å². The largest absolute Gasteiger partial charge is 0.339 e. The Labute approximate surface area is 194 Å². The van der Waals surface area contributed by atoms with Gasteiger partial charge in [-0.1, -0.05) is 37.1 Å². The van der Waals surface area contributed by atoms with Crippen LogP contribution in [-0.2, 0) is 4.79 Å². The Morgan fingerprint density at radius 3 is 2.50 bits per heavy atom. The molecule has 0 unspecified atom stereocenters. The van der Waals surface area contributed by atoms with E-state index < -0.39 is 0 Å². The molecule has 2 heterocycles. The fourth-order valence-electron chi connectivity index (χ4n) is 4.39. The number of thioether (sulfide) groups is 1. The van der Waals surface area contributed by atoms with Gasteiger partial charge in [0.05, 0.1) is 11.4 Å². The normalized spacial score (nSPS) is 14.5. The summed E-state index contributed by atoms with van der Waals surface area (Å²) in [6.45, 7) is 7.05. The van der Waals surface area contributed by atoms with Gasteiger partial charge in [0.2, 0.25) is 5.91 Å². The summed E-state index contributed by atoms with van der Waals surface area (Å²) in [6, 6.07) is 10.6. The van der Waals surface area contributed by atoms with Crippen molar-refractivity contribution in [3.05, 3.63) is 53.9 Å². The summed E-state index contributed by atoms with van der Waals surface area (Å²) in [5.41, 5.74) is 4.39. The summed E-state index contributed by atoms with van der Waals surface area (Å²) < 4.78 is 2.05. The first kappa shape index (κ1) is 22.5. The molecule has 1 saturated carbocycles. The smallest absolute Gasteiger partial charge is 0.233 e. The van der Waals surface area contributed by atoms with Gasteiger partial charge in [-0.3, -0.25) is 14.3 Å². The Morgan fingerprint density at radius 1 is 1.06 bits per heavy atom. The molecule has 32 heavy (non-hydrogen) atoms. The quantitative estimate of drug-likeness (QED) is 0.463. The highest BCUT2D eigenvalue weighted by molar-refractivity contribution is 7.99. The molecule has 0 N–H and O–H groups in total. The van der Waals surface area contributed by atoms with Crippen molar-refractivity contribution in [2.45, 2.75) is 64.1 Å². The summed E-state index contributed by atoms with van der Waals surface area (Å²) in [4.78, 5) is 19.3. The van der Waals surface area contributed by atoms with Gasteiger partial charge in [-0.25, -0.2) is 0 Å². The van der Waals surface area contributed by atoms with Crippen LogP contribution in [0.3, 0.4) is 0 Å². The molecule has 4 rings (SSSR count). The van der Waals surface area contributed by atoms with E-state index in [2.05, 4.69) is 63.6 Å². The van der Waals surface area contributed by atoms with Crippen LogP contribution in [0.1, 0.15) is 50.2 Å². The number of aryl methyl sites for hydroxylation is 2. The maximum Gasteiger partial charge on any atom is 0.233 e. The van der Waals surface area contributed by atoms with Crippen molar-refractivity contribution in [3.63, 3.8) is 0 Å². The highest BCUT2D eigenvalue weighted by Gasteiger charge is 2.25. The van der Waals surface area contributed by atoms with E-state index >= 15 is 0 Å². The van der Waals surface area contributed by atoms with Crippen LogP contribution in [-0.4, -0.2) is 48.9 Å². The number of pyridine rings is 1. The molecule has 7 heteroatoms. The fourth-order valence-corrected chi connectivity index (χ4v) is 5.23. The predicted octanol–water partition coefficient (Wildman–Crippen LogP) is 5.22. The van der Waals surface area contributed by atoms with Gasteiger partial charge in [0, 0.05) is 30.5 Å².